The lowest BCUT2D eigenvalue weighted by Crippen LogP contribution is -2.20. The van der Waals surface area contributed by atoms with Gasteiger partial charge in [0.15, 0.2) is 5.65 Å². The van der Waals surface area contributed by atoms with Gasteiger partial charge in [0.1, 0.15) is 17.2 Å². The van der Waals surface area contributed by atoms with Crippen LogP contribution in [0.1, 0.15) is 64.3 Å². The van der Waals surface area contributed by atoms with Crippen LogP contribution in [-0.2, 0) is 0 Å². The second-order valence-corrected chi connectivity index (χ2v) is 9.00. The first-order chi connectivity index (χ1) is 15.1. The van der Waals surface area contributed by atoms with Crippen molar-refractivity contribution in [1.29, 1.82) is 0 Å². The number of hydrogen-bond donors (Lipinski definition) is 2. The summed E-state index contributed by atoms with van der Waals surface area (Å²) < 4.78 is 29.8. The van der Waals surface area contributed by atoms with Crippen LogP contribution in [0.3, 0.4) is 0 Å². The normalized spacial score (nSPS) is 22.2. The third-order valence-electron chi connectivity index (χ3n) is 6.65. The summed E-state index contributed by atoms with van der Waals surface area (Å²) in [5, 5.41) is 6.54. The van der Waals surface area contributed by atoms with E-state index < -0.39 is 11.6 Å². The van der Waals surface area contributed by atoms with Crippen molar-refractivity contribution in [2.75, 3.05) is 10.6 Å². The van der Waals surface area contributed by atoms with Crippen LogP contribution in [0, 0.1) is 17.6 Å². The van der Waals surface area contributed by atoms with E-state index in [-0.39, 0.29) is 11.7 Å². The van der Waals surface area contributed by atoms with Gasteiger partial charge in [0, 0.05) is 18.2 Å². The van der Waals surface area contributed by atoms with Crippen LogP contribution in [0.15, 0.2) is 24.4 Å². The predicted molar refractivity (Wildman–Crippen MR) is 118 cm³/mol. The zero-order chi connectivity index (χ0) is 21.4. The molecule has 0 aliphatic heterocycles. The van der Waals surface area contributed by atoms with Crippen molar-refractivity contribution < 1.29 is 8.78 Å². The molecule has 2 aliphatic rings. The van der Waals surface area contributed by atoms with Gasteiger partial charge < -0.3 is 10.6 Å². The molecule has 0 radical (unpaired) electrons. The molecule has 2 saturated carbocycles. The Morgan fingerprint density at radius 3 is 2.52 bits per heavy atom. The molecule has 31 heavy (non-hydrogen) atoms. The van der Waals surface area contributed by atoms with Gasteiger partial charge in [0.05, 0.1) is 11.9 Å². The summed E-state index contributed by atoms with van der Waals surface area (Å²) in [4.78, 5) is 14.0. The van der Waals surface area contributed by atoms with E-state index in [4.69, 9.17) is 4.98 Å². The van der Waals surface area contributed by atoms with Crippen LogP contribution >= 0.6 is 0 Å². The molecule has 0 atom stereocenters. The molecular formula is C23H28F2N6. The Hall–Kier alpha value is -2.77. The smallest absolute Gasteiger partial charge is 0.224 e. The molecule has 0 spiro atoms. The first-order valence-corrected chi connectivity index (χ1v) is 11.3. The summed E-state index contributed by atoms with van der Waals surface area (Å²) in [5.74, 6) is 0.583. The third-order valence-corrected chi connectivity index (χ3v) is 6.65. The lowest BCUT2D eigenvalue weighted by Gasteiger charge is -2.28. The number of fused-ring (bicyclic) bond motifs is 1. The van der Waals surface area contributed by atoms with Gasteiger partial charge in [-0.3, -0.25) is 4.57 Å². The number of rotatable bonds is 5. The lowest BCUT2D eigenvalue weighted by molar-refractivity contribution is 0.295. The fourth-order valence-electron chi connectivity index (χ4n) is 4.86. The Bertz CT molecular complexity index is 1070. The standard InChI is InChI=1S/C23H28F2N6/c1-14-6-9-17(10-7-14)31-21-20(13-26-22(30-21)27-16-4-2-3-5-16)29-23(31)28-19-11-8-15(24)12-18(19)25/h8,11-14,16-17H,2-7,9-10H2,1H3,(H,28,29)(H,26,27,30)/t14-,17+. The minimum absolute atomic E-state index is 0.194. The van der Waals surface area contributed by atoms with Crippen molar-refractivity contribution in [3.63, 3.8) is 0 Å². The minimum Gasteiger partial charge on any atom is -0.351 e. The third kappa shape index (κ3) is 4.20. The molecule has 2 fully saturated rings. The molecule has 0 saturated heterocycles. The summed E-state index contributed by atoms with van der Waals surface area (Å²) >= 11 is 0. The van der Waals surface area contributed by atoms with E-state index in [1.807, 2.05) is 0 Å². The Morgan fingerprint density at radius 2 is 1.77 bits per heavy atom. The van der Waals surface area contributed by atoms with Gasteiger partial charge in [-0.2, -0.15) is 4.98 Å². The van der Waals surface area contributed by atoms with E-state index in [1.54, 1.807) is 6.20 Å². The van der Waals surface area contributed by atoms with Crippen molar-refractivity contribution in [1.82, 2.24) is 19.5 Å². The van der Waals surface area contributed by atoms with E-state index in [1.165, 1.54) is 25.0 Å². The highest BCUT2D eigenvalue weighted by Crippen LogP contribution is 2.37. The molecule has 2 aliphatic carbocycles. The maximum Gasteiger partial charge on any atom is 0.224 e. The Labute approximate surface area is 180 Å². The van der Waals surface area contributed by atoms with Crippen LogP contribution in [0.5, 0.6) is 0 Å². The fourth-order valence-corrected chi connectivity index (χ4v) is 4.86. The van der Waals surface area contributed by atoms with Crippen LogP contribution in [0.2, 0.25) is 0 Å². The fraction of sp³-hybridized carbons (Fsp3) is 0.522. The number of nitrogens with one attached hydrogen (secondary N) is 2. The van der Waals surface area contributed by atoms with Gasteiger partial charge in [0.2, 0.25) is 11.9 Å². The number of anilines is 3. The van der Waals surface area contributed by atoms with Gasteiger partial charge >= 0.3 is 0 Å². The molecule has 8 heteroatoms. The second-order valence-electron chi connectivity index (χ2n) is 9.00. The van der Waals surface area contributed by atoms with Gasteiger partial charge in [-0.15, -0.1) is 0 Å². The monoisotopic (exact) mass is 426 g/mol. The highest BCUT2D eigenvalue weighted by atomic mass is 19.1. The van der Waals surface area contributed by atoms with E-state index in [0.29, 0.717) is 29.4 Å². The second kappa shape index (κ2) is 8.40. The molecule has 2 N–H and O–H groups in total. The average molecular weight is 427 g/mol. The van der Waals surface area contributed by atoms with E-state index >= 15 is 0 Å². The summed E-state index contributed by atoms with van der Waals surface area (Å²) in [7, 11) is 0. The quantitative estimate of drug-likeness (QED) is 0.527. The van der Waals surface area contributed by atoms with Crippen molar-refractivity contribution in [2.24, 2.45) is 5.92 Å². The number of hydrogen-bond acceptors (Lipinski definition) is 5. The van der Waals surface area contributed by atoms with Crippen molar-refractivity contribution in [2.45, 2.75) is 70.4 Å². The number of halogens is 2. The highest BCUT2D eigenvalue weighted by Gasteiger charge is 2.26. The zero-order valence-corrected chi connectivity index (χ0v) is 17.7. The Morgan fingerprint density at radius 1 is 1.00 bits per heavy atom. The molecule has 5 rings (SSSR count). The van der Waals surface area contributed by atoms with Crippen molar-refractivity contribution in [3.8, 4) is 0 Å². The summed E-state index contributed by atoms with van der Waals surface area (Å²) in [6, 6.07) is 4.15. The molecule has 0 bridgehead atoms. The summed E-state index contributed by atoms with van der Waals surface area (Å²) in [6.07, 6.45) is 10.8. The van der Waals surface area contributed by atoms with E-state index in [2.05, 4.69) is 32.1 Å². The van der Waals surface area contributed by atoms with E-state index in [0.717, 1.165) is 50.2 Å². The predicted octanol–water partition coefficient (Wildman–Crippen LogP) is 5.95. The first kappa shape index (κ1) is 20.2. The highest BCUT2D eigenvalue weighted by molar-refractivity contribution is 5.76. The Kier molecular flexibility index (Phi) is 5.46. The topological polar surface area (TPSA) is 67.7 Å². The zero-order valence-electron chi connectivity index (χ0n) is 17.7. The molecular weight excluding hydrogens is 398 g/mol. The molecule has 6 nitrogen and oxygen atoms in total. The first-order valence-electron chi connectivity index (χ1n) is 11.3. The molecule has 3 aromatic rings. The van der Waals surface area contributed by atoms with Crippen LogP contribution < -0.4 is 10.6 Å². The lowest BCUT2D eigenvalue weighted by atomic mass is 9.87. The van der Waals surface area contributed by atoms with Crippen LogP contribution in [0.4, 0.5) is 26.4 Å². The number of aromatic nitrogens is 4. The van der Waals surface area contributed by atoms with Gasteiger partial charge in [-0.1, -0.05) is 19.8 Å². The number of imidazole rings is 1. The summed E-state index contributed by atoms with van der Waals surface area (Å²) in [6.45, 7) is 2.28. The number of nitrogens with zero attached hydrogens (tertiary/aromatic N) is 4. The van der Waals surface area contributed by atoms with Gasteiger partial charge in [-0.05, 0) is 56.6 Å². The molecule has 0 amide bonds. The molecule has 0 unspecified atom stereocenters. The van der Waals surface area contributed by atoms with Gasteiger partial charge in [-0.25, -0.2) is 18.7 Å². The molecule has 164 valence electrons. The summed E-state index contributed by atoms with van der Waals surface area (Å²) in [5.41, 5.74) is 1.61. The molecule has 1 aromatic carbocycles. The molecule has 2 heterocycles. The molecule has 2 aromatic heterocycles. The van der Waals surface area contributed by atoms with Crippen LogP contribution in [-0.4, -0.2) is 25.6 Å². The van der Waals surface area contributed by atoms with Gasteiger partial charge in [0.25, 0.3) is 0 Å². The SMILES string of the molecule is C[C@H]1CC[C@@H](n2c(Nc3ccc(F)cc3F)nc3cnc(NC4CCCC4)nc32)CC1. The Balaban J connectivity index is 1.53. The van der Waals surface area contributed by atoms with Crippen molar-refractivity contribution >= 4 is 28.7 Å². The maximum absolute atomic E-state index is 14.3. The van der Waals surface area contributed by atoms with Crippen LogP contribution in [0.25, 0.3) is 11.2 Å². The van der Waals surface area contributed by atoms with Crippen molar-refractivity contribution in [3.05, 3.63) is 36.0 Å². The maximum atomic E-state index is 14.3. The van der Waals surface area contributed by atoms with E-state index in [9.17, 15) is 8.78 Å². The number of benzene rings is 1. The average Bonchev–Trinajstić information content (AvgIpc) is 3.38. The largest absolute Gasteiger partial charge is 0.351 e. The minimum atomic E-state index is -0.648.